The van der Waals surface area contributed by atoms with Gasteiger partial charge in [-0.25, -0.2) is 4.98 Å². The molecule has 1 aromatic heterocycles. The molecule has 0 radical (unpaired) electrons. The van der Waals surface area contributed by atoms with E-state index in [1.807, 2.05) is 11.7 Å². The van der Waals surface area contributed by atoms with Crippen molar-refractivity contribution in [2.24, 2.45) is 7.05 Å². The monoisotopic (exact) mass is 264 g/mol. The molecule has 1 aliphatic heterocycles. The molecule has 0 amide bonds. The molecule has 1 aliphatic carbocycles. The molecule has 2 aliphatic rings. The van der Waals surface area contributed by atoms with Crippen LogP contribution >= 0.6 is 0 Å². The number of hydrogen-bond donors (Lipinski definition) is 1. The van der Waals surface area contributed by atoms with Gasteiger partial charge < -0.3 is 10.1 Å². The molecule has 5 nitrogen and oxygen atoms in total. The number of nitrogens with zero attached hydrogens (tertiary/aromatic N) is 3. The quantitative estimate of drug-likeness (QED) is 0.897. The summed E-state index contributed by atoms with van der Waals surface area (Å²) in [5.74, 6) is 3.06. The summed E-state index contributed by atoms with van der Waals surface area (Å²) in [5.41, 5.74) is 0. The van der Waals surface area contributed by atoms with Gasteiger partial charge >= 0.3 is 0 Å². The molecule has 2 fully saturated rings. The molecule has 0 aromatic carbocycles. The number of ether oxygens (including phenoxy) is 1. The van der Waals surface area contributed by atoms with Crippen LogP contribution in [0.5, 0.6) is 0 Å². The zero-order chi connectivity index (χ0) is 13.2. The molecule has 0 bridgehead atoms. The summed E-state index contributed by atoms with van der Waals surface area (Å²) < 4.78 is 7.59. The smallest absolute Gasteiger partial charge is 0.154 e. The van der Waals surface area contributed by atoms with E-state index in [0.29, 0.717) is 17.9 Å². The van der Waals surface area contributed by atoms with E-state index in [9.17, 15) is 0 Å². The van der Waals surface area contributed by atoms with Crippen molar-refractivity contribution >= 4 is 0 Å². The fraction of sp³-hybridized carbons (Fsp3) is 0.857. The molecule has 1 aromatic rings. The average Bonchev–Trinajstić information content (AvgIpc) is 3.08. The van der Waals surface area contributed by atoms with E-state index in [1.165, 1.54) is 25.7 Å². The maximum atomic E-state index is 5.62. The lowest BCUT2D eigenvalue weighted by Crippen LogP contribution is -2.35. The van der Waals surface area contributed by atoms with E-state index in [1.54, 1.807) is 0 Å². The predicted octanol–water partition coefficient (Wildman–Crippen LogP) is 1.56. The lowest BCUT2D eigenvalue weighted by molar-refractivity contribution is 0.187. The van der Waals surface area contributed by atoms with Gasteiger partial charge in [0.15, 0.2) is 5.82 Å². The third-order valence-electron chi connectivity index (χ3n) is 4.41. The molecule has 2 heterocycles. The lowest BCUT2D eigenvalue weighted by atomic mass is 10.0. The van der Waals surface area contributed by atoms with Crippen molar-refractivity contribution in [3.8, 4) is 0 Å². The van der Waals surface area contributed by atoms with E-state index in [2.05, 4.69) is 17.3 Å². The summed E-state index contributed by atoms with van der Waals surface area (Å²) in [5, 5.41) is 8.15. The molecular formula is C14H24N4O. The van der Waals surface area contributed by atoms with Crippen LogP contribution in [0, 0.1) is 0 Å². The van der Waals surface area contributed by atoms with Gasteiger partial charge in [0.05, 0.1) is 19.1 Å². The zero-order valence-corrected chi connectivity index (χ0v) is 11.9. The first-order chi connectivity index (χ1) is 9.29. The number of rotatable bonds is 4. The predicted molar refractivity (Wildman–Crippen MR) is 73.2 cm³/mol. The van der Waals surface area contributed by atoms with E-state index in [-0.39, 0.29) is 0 Å². The zero-order valence-electron chi connectivity index (χ0n) is 11.9. The Morgan fingerprint density at radius 2 is 2.11 bits per heavy atom. The Balaban J connectivity index is 1.80. The average molecular weight is 264 g/mol. The second kappa shape index (κ2) is 5.59. The van der Waals surface area contributed by atoms with Gasteiger partial charge in [0, 0.05) is 19.0 Å². The Kier molecular flexibility index (Phi) is 3.84. The second-order valence-corrected chi connectivity index (χ2v) is 5.74. The van der Waals surface area contributed by atoms with E-state index in [4.69, 9.17) is 9.72 Å². The largest absolute Gasteiger partial charge is 0.379 e. The maximum Gasteiger partial charge on any atom is 0.154 e. The van der Waals surface area contributed by atoms with Crippen molar-refractivity contribution in [1.82, 2.24) is 20.1 Å². The number of aromatic nitrogens is 3. The number of hydrogen-bond acceptors (Lipinski definition) is 4. The first-order valence-electron chi connectivity index (χ1n) is 7.51. The molecule has 5 heteroatoms. The third kappa shape index (κ3) is 2.54. The highest BCUT2D eigenvalue weighted by atomic mass is 16.5. The summed E-state index contributed by atoms with van der Waals surface area (Å²) in [6, 6.07) is 0.379. The Morgan fingerprint density at radius 3 is 2.84 bits per heavy atom. The molecule has 1 N–H and O–H groups in total. The van der Waals surface area contributed by atoms with Gasteiger partial charge in [-0.3, -0.25) is 4.68 Å². The van der Waals surface area contributed by atoms with Crippen LogP contribution in [0.25, 0.3) is 0 Å². The molecule has 19 heavy (non-hydrogen) atoms. The fourth-order valence-electron chi connectivity index (χ4n) is 3.37. The minimum absolute atomic E-state index is 0.340. The first-order valence-corrected chi connectivity index (χ1v) is 7.51. The molecule has 0 spiro atoms. The van der Waals surface area contributed by atoms with Crippen LogP contribution in [-0.2, 0) is 11.8 Å². The maximum absolute atomic E-state index is 5.62. The topological polar surface area (TPSA) is 52.0 Å². The van der Waals surface area contributed by atoms with Gasteiger partial charge in [-0.2, -0.15) is 5.10 Å². The van der Waals surface area contributed by atoms with Gasteiger partial charge in [0.25, 0.3) is 0 Å². The Labute approximate surface area is 114 Å². The lowest BCUT2D eigenvalue weighted by Gasteiger charge is -2.16. The first kappa shape index (κ1) is 13.1. The van der Waals surface area contributed by atoms with Crippen molar-refractivity contribution in [1.29, 1.82) is 0 Å². The van der Waals surface area contributed by atoms with Crippen LogP contribution in [0.15, 0.2) is 0 Å². The standard InChI is InChI=1S/C14H24N4O/c1-3-15-12-9-19-8-11(12)14-16-13(17-18(14)2)10-6-4-5-7-10/h10-12,15H,3-9H2,1-2H3. The number of aryl methyl sites for hydroxylation is 1. The molecular weight excluding hydrogens is 240 g/mol. The van der Waals surface area contributed by atoms with Crippen molar-refractivity contribution in [2.45, 2.75) is 50.5 Å². The molecule has 1 saturated heterocycles. The second-order valence-electron chi connectivity index (χ2n) is 5.74. The van der Waals surface area contributed by atoms with Gasteiger partial charge in [-0.15, -0.1) is 0 Å². The SMILES string of the molecule is CCNC1COCC1c1nc(C2CCCC2)nn1C. The Morgan fingerprint density at radius 1 is 1.32 bits per heavy atom. The van der Waals surface area contributed by atoms with E-state index < -0.39 is 0 Å². The minimum atomic E-state index is 0.340. The van der Waals surface area contributed by atoms with Crippen LogP contribution in [0.4, 0.5) is 0 Å². The molecule has 106 valence electrons. The highest BCUT2D eigenvalue weighted by Crippen LogP contribution is 2.33. The molecule has 2 atom stereocenters. The Bertz CT molecular complexity index is 425. The minimum Gasteiger partial charge on any atom is -0.379 e. The van der Waals surface area contributed by atoms with Crippen LogP contribution in [0.2, 0.25) is 0 Å². The Hall–Kier alpha value is -0.940. The normalized spacial score (nSPS) is 28.3. The van der Waals surface area contributed by atoms with Gasteiger partial charge in [0.1, 0.15) is 5.82 Å². The van der Waals surface area contributed by atoms with E-state index in [0.717, 1.165) is 31.4 Å². The summed E-state index contributed by atoms with van der Waals surface area (Å²) in [4.78, 5) is 4.84. The van der Waals surface area contributed by atoms with Crippen molar-refractivity contribution < 1.29 is 4.74 Å². The van der Waals surface area contributed by atoms with Crippen molar-refractivity contribution in [3.05, 3.63) is 11.6 Å². The van der Waals surface area contributed by atoms with Crippen LogP contribution in [0.3, 0.4) is 0 Å². The van der Waals surface area contributed by atoms with Gasteiger partial charge in [0.2, 0.25) is 0 Å². The fourth-order valence-corrected chi connectivity index (χ4v) is 3.37. The number of nitrogens with one attached hydrogen (secondary N) is 1. The highest BCUT2D eigenvalue weighted by Gasteiger charge is 2.33. The van der Waals surface area contributed by atoms with E-state index >= 15 is 0 Å². The van der Waals surface area contributed by atoms with Gasteiger partial charge in [-0.1, -0.05) is 19.8 Å². The van der Waals surface area contributed by atoms with Crippen LogP contribution in [0.1, 0.15) is 56.1 Å². The van der Waals surface area contributed by atoms with Crippen molar-refractivity contribution in [2.75, 3.05) is 19.8 Å². The molecule has 3 rings (SSSR count). The van der Waals surface area contributed by atoms with Crippen molar-refractivity contribution in [3.63, 3.8) is 0 Å². The summed E-state index contributed by atoms with van der Waals surface area (Å²) in [6.07, 6.45) is 5.15. The summed E-state index contributed by atoms with van der Waals surface area (Å²) in [7, 11) is 2.02. The summed E-state index contributed by atoms with van der Waals surface area (Å²) >= 11 is 0. The van der Waals surface area contributed by atoms with Crippen LogP contribution < -0.4 is 5.32 Å². The summed E-state index contributed by atoms with van der Waals surface area (Å²) in [6.45, 7) is 4.65. The molecule has 1 saturated carbocycles. The number of likely N-dealkylation sites (N-methyl/N-ethyl adjacent to an activating group) is 1. The molecule has 2 unspecified atom stereocenters. The van der Waals surface area contributed by atoms with Crippen LogP contribution in [-0.4, -0.2) is 40.6 Å². The third-order valence-corrected chi connectivity index (χ3v) is 4.41. The highest BCUT2D eigenvalue weighted by molar-refractivity contribution is 5.09. The van der Waals surface area contributed by atoms with Gasteiger partial charge in [-0.05, 0) is 19.4 Å².